The molecule has 7 nitrogen and oxygen atoms in total. The summed E-state index contributed by atoms with van der Waals surface area (Å²) in [6.07, 6.45) is 2.20. The minimum absolute atomic E-state index is 0.157. The first-order valence-corrected chi connectivity index (χ1v) is 8.41. The summed E-state index contributed by atoms with van der Waals surface area (Å²) in [5, 5.41) is 15.3. The van der Waals surface area contributed by atoms with Crippen molar-refractivity contribution in [2.24, 2.45) is 0 Å². The van der Waals surface area contributed by atoms with Crippen LogP contribution < -0.4 is 10.1 Å². The Morgan fingerprint density at radius 3 is 2.54 bits per heavy atom. The maximum absolute atomic E-state index is 12.6. The van der Waals surface area contributed by atoms with Crippen LogP contribution >= 0.6 is 0 Å². The van der Waals surface area contributed by atoms with Crippen LogP contribution in [0.1, 0.15) is 34.1 Å². The number of carbonyl (C=O) groups is 1. The van der Waals surface area contributed by atoms with E-state index >= 15 is 0 Å². The van der Waals surface area contributed by atoms with E-state index in [9.17, 15) is 4.79 Å². The molecule has 134 valence electrons. The van der Waals surface area contributed by atoms with Gasteiger partial charge in [0.2, 0.25) is 5.88 Å². The number of nitrogens with zero attached hydrogens (tertiary/aromatic N) is 4. The highest BCUT2D eigenvalue weighted by molar-refractivity contribution is 5.95. The molecule has 7 heteroatoms. The van der Waals surface area contributed by atoms with E-state index in [1.54, 1.807) is 23.0 Å². The number of aromatic nitrogens is 4. The number of aryl methyl sites for hydroxylation is 1. The Labute approximate surface area is 152 Å². The van der Waals surface area contributed by atoms with E-state index in [4.69, 9.17) is 4.74 Å². The Bertz CT molecular complexity index is 885. The zero-order chi connectivity index (χ0) is 18.5. The Morgan fingerprint density at radius 1 is 1.15 bits per heavy atom. The van der Waals surface area contributed by atoms with E-state index < -0.39 is 0 Å². The van der Waals surface area contributed by atoms with Gasteiger partial charge in [-0.1, -0.05) is 36.8 Å². The first-order chi connectivity index (χ1) is 12.6. The molecule has 0 saturated carbocycles. The lowest BCUT2D eigenvalue weighted by Gasteiger charge is -2.08. The van der Waals surface area contributed by atoms with Crippen molar-refractivity contribution in [1.82, 2.24) is 25.3 Å². The monoisotopic (exact) mass is 351 g/mol. The standard InChI is InChI=1S/C19H21N5O2/c1-4-16-15(19(25)20-11-14-7-5-13(2)6-8-14)12-21-24(16)17-9-10-18(26-3)23-22-17/h5-10,12H,4,11H2,1-3H3,(H,20,25). The molecule has 3 aromatic rings. The van der Waals surface area contributed by atoms with Crippen molar-refractivity contribution in [2.45, 2.75) is 26.8 Å². The number of methoxy groups -OCH3 is 1. The van der Waals surface area contributed by atoms with Gasteiger partial charge in [-0.15, -0.1) is 10.2 Å². The summed E-state index contributed by atoms with van der Waals surface area (Å²) in [5.74, 6) is 0.811. The molecule has 0 fully saturated rings. The van der Waals surface area contributed by atoms with Gasteiger partial charge >= 0.3 is 0 Å². The van der Waals surface area contributed by atoms with Gasteiger partial charge in [-0.05, 0) is 25.0 Å². The molecule has 0 unspecified atom stereocenters. The lowest BCUT2D eigenvalue weighted by atomic mass is 10.1. The molecule has 1 amide bonds. The predicted molar refractivity (Wildman–Crippen MR) is 97.4 cm³/mol. The number of amides is 1. The lowest BCUT2D eigenvalue weighted by molar-refractivity contribution is 0.0950. The van der Waals surface area contributed by atoms with Crippen LogP contribution in [0.4, 0.5) is 0 Å². The summed E-state index contributed by atoms with van der Waals surface area (Å²) in [5.41, 5.74) is 3.56. The molecule has 1 aromatic carbocycles. The second-order valence-electron chi connectivity index (χ2n) is 5.87. The van der Waals surface area contributed by atoms with Crippen LogP contribution in [0.5, 0.6) is 5.88 Å². The second kappa shape index (κ2) is 7.77. The number of rotatable bonds is 6. The third-order valence-corrected chi connectivity index (χ3v) is 4.07. The molecule has 3 rings (SSSR count). The molecule has 26 heavy (non-hydrogen) atoms. The Morgan fingerprint density at radius 2 is 1.92 bits per heavy atom. The highest BCUT2D eigenvalue weighted by Crippen LogP contribution is 2.15. The number of benzene rings is 1. The number of ether oxygens (including phenoxy) is 1. The average Bonchev–Trinajstić information content (AvgIpc) is 3.11. The SMILES string of the molecule is CCc1c(C(=O)NCc2ccc(C)cc2)cnn1-c1ccc(OC)nn1. The quantitative estimate of drug-likeness (QED) is 0.738. The number of hydrogen-bond donors (Lipinski definition) is 1. The van der Waals surface area contributed by atoms with Crippen LogP contribution in [0.2, 0.25) is 0 Å². The normalized spacial score (nSPS) is 10.6. The molecule has 0 radical (unpaired) electrons. The Balaban J connectivity index is 1.78. The summed E-state index contributed by atoms with van der Waals surface area (Å²) in [7, 11) is 1.53. The van der Waals surface area contributed by atoms with E-state index in [0.29, 0.717) is 30.2 Å². The lowest BCUT2D eigenvalue weighted by Crippen LogP contribution is -2.23. The zero-order valence-electron chi connectivity index (χ0n) is 15.1. The van der Waals surface area contributed by atoms with Crippen LogP contribution in [0, 0.1) is 6.92 Å². The van der Waals surface area contributed by atoms with Gasteiger partial charge in [0.05, 0.1) is 24.6 Å². The fourth-order valence-electron chi connectivity index (χ4n) is 2.62. The van der Waals surface area contributed by atoms with Gasteiger partial charge < -0.3 is 10.1 Å². The van der Waals surface area contributed by atoms with Gasteiger partial charge in [-0.3, -0.25) is 4.79 Å². The molecule has 0 aliphatic rings. The van der Waals surface area contributed by atoms with Crippen molar-refractivity contribution >= 4 is 5.91 Å². The molecule has 2 aromatic heterocycles. The first-order valence-electron chi connectivity index (χ1n) is 8.41. The van der Waals surface area contributed by atoms with Gasteiger partial charge in [0.15, 0.2) is 5.82 Å². The molecule has 0 saturated heterocycles. The van der Waals surface area contributed by atoms with Gasteiger partial charge in [0.1, 0.15) is 0 Å². The zero-order valence-corrected chi connectivity index (χ0v) is 15.1. The van der Waals surface area contributed by atoms with Crippen molar-refractivity contribution in [3.05, 3.63) is 65.0 Å². The Kier molecular flexibility index (Phi) is 5.26. The highest BCUT2D eigenvalue weighted by Gasteiger charge is 2.18. The number of hydrogen-bond acceptors (Lipinski definition) is 5. The minimum Gasteiger partial charge on any atom is -0.480 e. The average molecular weight is 351 g/mol. The van der Waals surface area contributed by atoms with Crippen molar-refractivity contribution in [3.8, 4) is 11.7 Å². The van der Waals surface area contributed by atoms with E-state index in [2.05, 4.69) is 20.6 Å². The van der Waals surface area contributed by atoms with Crippen LogP contribution in [-0.2, 0) is 13.0 Å². The second-order valence-corrected chi connectivity index (χ2v) is 5.87. The molecule has 0 spiro atoms. The summed E-state index contributed by atoms with van der Waals surface area (Å²) in [6.45, 7) is 4.48. The van der Waals surface area contributed by atoms with E-state index in [-0.39, 0.29) is 5.91 Å². The molecular weight excluding hydrogens is 330 g/mol. The largest absolute Gasteiger partial charge is 0.480 e. The summed E-state index contributed by atoms with van der Waals surface area (Å²) in [6, 6.07) is 11.5. The topological polar surface area (TPSA) is 81.9 Å². The smallest absolute Gasteiger partial charge is 0.255 e. The fourth-order valence-corrected chi connectivity index (χ4v) is 2.62. The Hall–Kier alpha value is -3.22. The fraction of sp³-hybridized carbons (Fsp3) is 0.263. The third-order valence-electron chi connectivity index (χ3n) is 4.07. The van der Waals surface area contributed by atoms with Gasteiger partial charge in [-0.2, -0.15) is 5.10 Å². The molecule has 2 heterocycles. The van der Waals surface area contributed by atoms with Crippen LogP contribution in [-0.4, -0.2) is 33.0 Å². The molecule has 0 atom stereocenters. The first kappa shape index (κ1) is 17.6. The van der Waals surface area contributed by atoms with E-state index in [1.165, 1.54) is 12.7 Å². The molecular formula is C19H21N5O2. The molecule has 1 N–H and O–H groups in total. The maximum Gasteiger partial charge on any atom is 0.255 e. The molecule has 0 aliphatic heterocycles. The number of carbonyl (C=O) groups excluding carboxylic acids is 1. The van der Waals surface area contributed by atoms with Gasteiger partial charge in [-0.25, -0.2) is 4.68 Å². The highest BCUT2D eigenvalue weighted by atomic mass is 16.5. The van der Waals surface area contributed by atoms with Crippen molar-refractivity contribution in [1.29, 1.82) is 0 Å². The van der Waals surface area contributed by atoms with Crippen LogP contribution in [0.3, 0.4) is 0 Å². The van der Waals surface area contributed by atoms with Crippen molar-refractivity contribution in [3.63, 3.8) is 0 Å². The van der Waals surface area contributed by atoms with Gasteiger partial charge in [0.25, 0.3) is 5.91 Å². The summed E-state index contributed by atoms with van der Waals surface area (Å²) in [4.78, 5) is 12.6. The van der Waals surface area contributed by atoms with Crippen LogP contribution in [0.25, 0.3) is 5.82 Å². The van der Waals surface area contributed by atoms with Crippen molar-refractivity contribution in [2.75, 3.05) is 7.11 Å². The van der Waals surface area contributed by atoms with Crippen molar-refractivity contribution < 1.29 is 9.53 Å². The molecule has 0 bridgehead atoms. The van der Waals surface area contributed by atoms with E-state index in [1.807, 2.05) is 38.1 Å². The summed E-state index contributed by atoms with van der Waals surface area (Å²) >= 11 is 0. The van der Waals surface area contributed by atoms with Crippen LogP contribution in [0.15, 0.2) is 42.6 Å². The van der Waals surface area contributed by atoms with Gasteiger partial charge in [0, 0.05) is 12.6 Å². The maximum atomic E-state index is 12.6. The minimum atomic E-state index is -0.157. The number of nitrogens with one attached hydrogen (secondary N) is 1. The summed E-state index contributed by atoms with van der Waals surface area (Å²) < 4.78 is 6.65. The predicted octanol–water partition coefficient (Wildman–Crippen LogP) is 2.47. The molecule has 0 aliphatic carbocycles. The third kappa shape index (κ3) is 3.72. The van der Waals surface area contributed by atoms with E-state index in [0.717, 1.165) is 11.3 Å².